The van der Waals surface area contributed by atoms with E-state index in [0.717, 1.165) is 25.3 Å². The molecular formula is C20H27IN4O. The Hall–Kier alpha value is -2.09. The molecule has 6 heteroatoms. The normalized spacial score (nSPS) is 10.6. The summed E-state index contributed by atoms with van der Waals surface area (Å²) in [5.74, 6) is 0.690. The first kappa shape index (κ1) is 22.0. The average Bonchev–Trinajstić information content (AvgIpc) is 2.68. The molecule has 0 aliphatic carbocycles. The monoisotopic (exact) mass is 466 g/mol. The smallest absolute Gasteiger partial charge is 0.251 e. The lowest BCUT2D eigenvalue weighted by atomic mass is 10.1. The summed E-state index contributed by atoms with van der Waals surface area (Å²) in [6.45, 7) is 2.01. The van der Waals surface area contributed by atoms with Crippen LogP contribution in [-0.4, -0.2) is 38.5 Å². The molecule has 0 saturated carbocycles. The molecule has 0 fully saturated rings. The second-order valence-electron chi connectivity index (χ2n) is 5.64. The molecule has 0 radical (unpaired) electrons. The number of carbonyl (C=O) groups is 1. The number of hydrogen-bond donors (Lipinski definition) is 3. The summed E-state index contributed by atoms with van der Waals surface area (Å²) in [4.78, 5) is 16.1. The second kappa shape index (κ2) is 13.2. The van der Waals surface area contributed by atoms with Gasteiger partial charge in [-0.2, -0.15) is 0 Å². The Morgan fingerprint density at radius 2 is 1.42 bits per heavy atom. The molecule has 140 valence electrons. The zero-order chi connectivity index (χ0) is 17.7. The number of aryl methyl sites for hydroxylation is 1. The lowest BCUT2D eigenvalue weighted by Gasteiger charge is -2.12. The van der Waals surface area contributed by atoms with Gasteiger partial charge in [-0.1, -0.05) is 48.5 Å². The second-order valence-corrected chi connectivity index (χ2v) is 5.64. The van der Waals surface area contributed by atoms with Crippen LogP contribution in [0.1, 0.15) is 22.3 Å². The Morgan fingerprint density at radius 3 is 2.08 bits per heavy atom. The third kappa shape index (κ3) is 8.33. The highest BCUT2D eigenvalue weighted by Crippen LogP contribution is 2.01. The third-order valence-corrected chi connectivity index (χ3v) is 3.74. The maximum atomic E-state index is 11.9. The van der Waals surface area contributed by atoms with Crippen molar-refractivity contribution in [2.75, 3.05) is 26.7 Å². The van der Waals surface area contributed by atoms with Gasteiger partial charge in [0, 0.05) is 32.2 Å². The van der Waals surface area contributed by atoms with Gasteiger partial charge in [0.25, 0.3) is 5.91 Å². The summed E-state index contributed by atoms with van der Waals surface area (Å²) in [5, 5.41) is 9.37. The van der Waals surface area contributed by atoms with E-state index in [4.69, 9.17) is 0 Å². The Morgan fingerprint density at radius 1 is 0.846 bits per heavy atom. The fourth-order valence-electron chi connectivity index (χ4n) is 2.41. The molecule has 1 amide bonds. The Balaban J connectivity index is 0.00000338. The first-order chi connectivity index (χ1) is 12.3. The lowest BCUT2D eigenvalue weighted by Crippen LogP contribution is -2.41. The van der Waals surface area contributed by atoms with Crippen molar-refractivity contribution in [2.45, 2.75) is 12.8 Å². The van der Waals surface area contributed by atoms with Gasteiger partial charge in [-0.15, -0.1) is 24.0 Å². The first-order valence-electron chi connectivity index (χ1n) is 8.61. The Kier molecular flexibility index (Phi) is 11.1. The maximum Gasteiger partial charge on any atom is 0.251 e. The van der Waals surface area contributed by atoms with E-state index >= 15 is 0 Å². The van der Waals surface area contributed by atoms with E-state index in [1.54, 1.807) is 19.2 Å². The van der Waals surface area contributed by atoms with Crippen LogP contribution in [0.5, 0.6) is 0 Å². The van der Waals surface area contributed by atoms with Gasteiger partial charge in [-0.05, 0) is 30.5 Å². The molecule has 2 aromatic rings. The number of guanidine groups is 1. The number of halogens is 1. The molecule has 2 rings (SSSR count). The number of nitrogens with zero attached hydrogens (tertiary/aromatic N) is 1. The van der Waals surface area contributed by atoms with Crippen LogP contribution >= 0.6 is 24.0 Å². The van der Waals surface area contributed by atoms with E-state index in [1.807, 2.05) is 24.3 Å². The number of amides is 1. The van der Waals surface area contributed by atoms with Crippen LogP contribution in [0, 0.1) is 0 Å². The van der Waals surface area contributed by atoms with Gasteiger partial charge in [-0.3, -0.25) is 9.79 Å². The quantitative estimate of drug-likeness (QED) is 0.243. The molecule has 0 unspecified atom stereocenters. The number of nitrogens with one attached hydrogen (secondary N) is 3. The van der Waals surface area contributed by atoms with Gasteiger partial charge in [0.15, 0.2) is 5.96 Å². The molecule has 3 N–H and O–H groups in total. The van der Waals surface area contributed by atoms with E-state index in [-0.39, 0.29) is 29.9 Å². The van der Waals surface area contributed by atoms with Crippen molar-refractivity contribution in [3.63, 3.8) is 0 Å². The van der Waals surface area contributed by atoms with Gasteiger partial charge >= 0.3 is 0 Å². The SMILES string of the molecule is CN=C(NCCCc1ccccc1)NCCNC(=O)c1ccccc1.I. The molecule has 0 atom stereocenters. The topological polar surface area (TPSA) is 65.5 Å². The lowest BCUT2D eigenvalue weighted by molar-refractivity contribution is 0.0954. The largest absolute Gasteiger partial charge is 0.356 e. The Bertz CT molecular complexity index is 662. The third-order valence-electron chi connectivity index (χ3n) is 3.74. The molecule has 0 saturated heterocycles. The molecule has 0 spiro atoms. The summed E-state index contributed by atoms with van der Waals surface area (Å²) in [5.41, 5.74) is 2.02. The molecule has 0 heterocycles. The van der Waals surface area contributed by atoms with Gasteiger partial charge in [-0.25, -0.2) is 0 Å². The van der Waals surface area contributed by atoms with E-state index in [1.165, 1.54) is 5.56 Å². The summed E-state index contributed by atoms with van der Waals surface area (Å²) in [7, 11) is 1.75. The fraction of sp³-hybridized carbons (Fsp3) is 0.300. The van der Waals surface area contributed by atoms with Crippen molar-refractivity contribution in [1.29, 1.82) is 0 Å². The van der Waals surface area contributed by atoms with Gasteiger partial charge in [0.05, 0.1) is 0 Å². The summed E-state index contributed by atoms with van der Waals surface area (Å²) < 4.78 is 0. The van der Waals surface area contributed by atoms with Crippen molar-refractivity contribution in [1.82, 2.24) is 16.0 Å². The predicted octanol–water partition coefficient (Wildman–Crippen LogP) is 2.83. The van der Waals surface area contributed by atoms with Crippen molar-refractivity contribution >= 4 is 35.8 Å². The van der Waals surface area contributed by atoms with E-state index in [9.17, 15) is 4.79 Å². The van der Waals surface area contributed by atoms with E-state index < -0.39 is 0 Å². The van der Waals surface area contributed by atoms with Crippen LogP contribution in [0.25, 0.3) is 0 Å². The van der Waals surface area contributed by atoms with Crippen molar-refractivity contribution in [2.24, 2.45) is 4.99 Å². The number of rotatable bonds is 8. The summed E-state index contributed by atoms with van der Waals surface area (Å²) >= 11 is 0. The van der Waals surface area contributed by atoms with Crippen molar-refractivity contribution < 1.29 is 4.79 Å². The number of benzene rings is 2. The number of carbonyl (C=O) groups excluding carboxylic acids is 1. The highest BCUT2D eigenvalue weighted by Gasteiger charge is 2.03. The highest BCUT2D eigenvalue weighted by molar-refractivity contribution is 14.0. The predicted molar refractivity (Wildman–Crippen MR) is 118 cm³/mol. The van der Waals surface area contributed by atoms with Crippen LogP contribution in [-0.2, 0) is 6.42 Å². The van der Waals surface area contributed by atoms with Crippen LogP contribution in [0.3, 0.4) is 0 Å². The van der Waals surface area contributed by atoms with E-state index in [0.29, 0.717) is 18.7 Å². The van der Waals surface area contributed by atoms with Crippen LogP contribution in [0.15, 0.2) is 65.7 Å². The summed E-state index contributed by atoms with van der Waals surface area (Å²) in [6, 6.07) is 19.6. The molecular weight excluding hydrogens is 439 g/mol. The van der Waals surface area contributed by atoms with Crippen molar-refractivity contribution in [3.8, 4) is 0 Å². The maximum absolute atomic E-state index is 11.9. The number of hydrogen-bond acceptors (Lipinski definition) is 2. The molecule has 5 nitrogen and oxygen atoms in total. The average molecular weight is 466 g/mol. The highest BCUT2D eigenvalue weighted by atomic mass is 127. The minimum atomic E-state index is -0.0618. The first-order valence-corrected chi connectivity index (χ1v) is 8.61. The minimum absolute atomic E-state index is 0. The van der Waals surface area contributed by atoms with Gasteiger partial charge < -0.3 is 16.0 Å². The molecule has 26 heavy (non-hydrogen) atoms. The van der Waals surface area contributed by atoms with E-state index in [2.05, 4.69) is 45.2 Å². The molecule has 2 aromatic carbocycles. The van der Waals surface area contributed by atoms with Crippen LogP contribution in [0.4, 0.5) is 0 Å². The van der Waals surface area contributed by atoms with Gasteiger partial charge in [0.1, 0.15) is 0 Å². The Labute approximate surface area is 172 Å². The van der Waals surface area contributed by atoms with Crippen molar-refractivity contribution in [3.05, 3.63) is 71.8 Å². The van der Waals surface area contributed by atoms with Crippen LogP contribution in [0.2, 0.25) is 0 Å². The van der Waals surface area contributed by atoms with Gasteiger partial charge in [0.2, 0.25) is 0 Å². The van der Waals surface area contributed by atoms with Crippen LogP contribution < -0.4 is 16.0 Å². The fourth-order valence-corrected chi connectivity index (χ4v) is 2.41. The molecule has 0 bridgehead atoms. The summed E-state index contributed by atoms with van der Waals surface area (Å²) in [6.07, 6.45) is 2.08. The number of aliphatic imine (C=N–C) groups is 1. The zero-order valence-corrected chi connectivity index (χ0v) is 17.4. The molecule has 0 aliphatic rings. The zero-order valence-electron chi connectivity index (χ0n) is 15.1. The standard InChI is InChI=1S/C20H26N4O.HI/c1-21-20(23-14-8-11-17-9-4-2-5-10-17)24-16-15-22-19(25)18-12-6-3-7-13-18;/h2-7,9-10,12-13H,8,11,14-16H2,1H3,(H,22,25)(H2,21,23,24);1H. The molecule has 0 aromatic heterocycles. The molecule has 0 aliphatic heterocycles. The minimum Gasteiger partial charge on any atom is -0.356 e.